The summed E-state index contributed by atoms with van der Waals surface area (Å²) in [5.74, 6) is -0.928. The summed E-state index contributed by atoms with van der Waals surface area (Å²) in [6.07, 6.45) is 1.49. The lowest BCUT2D eigenvalue weighted by Gasteiger charge is -2.15. The van der Waals surface area contributed by atoms with Gasteiger partial charge in [-0.3, -0.25) is 9.56 Å². The van der Waals surface area contributed by atoms with E-state index in [9.17, 15) is 8.78 Å². The molecule has 0 amide bonds. The summed E-state index contributed by atoms with van der Waals surface area (Å²) in [4.78, 5) is 4.34. The van der Waals surface area contributed by atoms with Crippen LogP contribution >= 0.6 is 23.2 Å². The Morgan fingerprint density at radius 2 is 1.75 bits per heavy atom. The van der Waals surface area contributed by atoms with E-state index in [1.165, 1.54) is 24.5 Å². The molecule has 0 spiro atoms. The Morgan fingerprint density at radius 3 is 2.50 bits per heavy atom. The predicted octanol–water partition coefficient (Wildman–Crippen LogP) is 4.20. The Bertz CT molecular complexity index is 977. The van der Waals surface area contributed by atoms with Gasteiger partial charge in [0.15, 0.2) is 5.82 Å². The minimum atomic E-state index is -0.728. The normalized spacial score (nSPS) is 13.1. The van der Waals surface area contributed by atoms with Crippen LogP contribution in [0.5, 0.6) is 0 Å². The van der Waals surface area contributed by atoms with Gasteiger partial charge in [0.25, 0.3) is 0 Å². The van der Waals surface area contributed by atoms with Gasteiger partial charge in [0.2, 0.25) is 0 Å². The number of hydrogen-bond acceptors (Lipinski definition) is 3. The number of aromatic nitrogens is 3. The lowest BCUT2D eigenvalue weighted by atomic mass is 9.99. The zero-order valence-corrected chi connectivity index (χ0v) is 13.5. The number of halogens is 4. The van der Waals surface area contributed by atoms with Gasteiger partial charge in [-0.05, 0) is 24.3 Å². The van der Waals surface area contributed by atoms with Crippen LogP contribution in [0.1, 0.15) is 17.0 Å². The van der Waals surface area contributed by atoms with E-state index in [1.54, 1.807) is 16.7 Å². The molecule has 2 aromatic carbocycles. The molecule has 0 fully saturated rings. The van der Waals surface area contributed by atoms with Gasteiger partial charge in [-0.25, -0.2) is 8.78 Å². The molecule has 3 aromatic rings. The number of benzene rings is 2. The molecule has 1 aromatic heterocycles. The number of rotatable bonds is 1. The van der Waals surface area contributed by atoms with E-state index in [4.69, 9.17) is 23.2 Å². The summed E-state index contributed by atoms with van der Waals surface area (Å²) in [6.45, 7) is 0.103. The molecule has 1 aliphatic rings. The smallest absolute Gasteiger partial charge is 0.159 e. The van der Waals surface area contributed by atoms with Crippen LogP contribution in [-0.2, 0) is 6.54 Å². The van der Waals surface area contributed by atoms with E-state index in [0.717, 1.165) is 0 Å². The van der Waals surface area contributed by atoms with E-state index in [1.807, 2.05) is 0 Å². The topological polar surface area (TPSA) is 43.1 Å². The lowest BCUT2D eigenvalue weighted by Crippen LogP contribution is -2.12. The van der Waals surface area contributed by atoms with Crippen molar-refractivity contribution in [3.05, 3.63) is 75.3 Å². The van der Waals surface area contributed by atoms with Gasteiger partial charge in [0.1, 0.15) is 24.5 Å². The molecule has 4 nitrogen and oxygen atoms in total. The molecule has 0 N–H and O–H groups in total. The van der Waals surface area contributed by atoms with Crippen LogP contribution in [0.15, 0.2) is 41.7 Å². The summed E-state index contributed by atoms with van der Waals surface area (Å²) in [6, 6.07) is 6.93. The summed E-state index contributed by atoms with van der Waals surface area (Å²) in [5.41, 5.74) is 0.746. The van der Waals surface area contributed by atoms with Crippen molar-refractivity contribution in [3.8, 4) is 5.69 Å². The summed E-state index contributed by atoms with van der Waals surface area (Å²) >= 11 is 12.5. The van der Waals surface area contributed by atoms with Gasteiger partial charge in [-0.2, -0.15) is 0 Å². The van der Waals surface area contributed by atoms with Crippen molar-refractivity contribution < 1.29 is 8.78 Å². The van der Waals surface area contributed by atoms with E-state index >= 15 is 0 Å². The van der Waals surface area contributed by atoms with Crippen molar-refractivity contribution in [2.75, 3.05) is 0 Å². The first-order valence-electron chi connectivity index (χ1n) is 6.94. The molecule has 0 aliphatic carbocycles. The Kier molecular flexibility index (Phi) is 3.58. The molecule has 0 bridgehead atoms. The van der Waals surface area contributed by atoms with Crippen molar-refractivity contribution >= 4 is 28.9 Å². The predicted molar refractivity (Wildman–Crippen MR) is 87.1 cm³/mol. The molecule has 0 atom stereocenters. The summed E-state index contributed by atoms with van der Waals surface area (Å²) < 4.78 is 30.3. The third kappa shape index (κ3) is 2.22. The maximum Gasteiger partial charge on any atom is 0.159 e. The summed E-state index contributed by atoms with van der Waals surface area (Å²) in [7, 11) is 0. The molecule has 0 saturated carbocycles. The van der Waals surface area contributed by atoms with Gasteiger partial charge in [-0.15, -0.1) is 10.2 Å². The van der Waals surface area contributed by atoms with Crippen molar-refractivity contribution in [1.29, 1.82) is 0 Å². The molecule has 4 rings (SSSR count). The Hall–Kier alpha value is -2.31. The first-order chi connectivity index (χ1) is 11.6. The molecule has 120 valence electrons. The average Bonchev–Trinajstić information content (AvgIpc) is 2.96. The van der Waals surface area contributed by atoms with Crippen LogP contribution < -0.4 is 0 Å². The maximum atomic E-state index is 14.3. The van der Waals surface area contributed by atoms with Gasteiger partial charge in [-0.1, -0.05) is 29.3 Å². The van der Waals surface area contributed by atoms with Crippen molar-refractivity contribution in [3.63, 3.8) is 0 Å². The van der Waals surface area contributed by atoms with Gasteiger partial charge in [0.05, 0.1) is 27.0 Å². The van der Waals surface area contributed by atoms with Gasteiger partial charge < -0.3 is 0 Å². The molecule has 1 aliphatic heterocycles. The fraction of sp³-hybridized carbons (Fsp3) is 0.0625. The quantitative estimate of drug-likeness (QED) is 0.649. The van der Waals surface area contributed by atoms with Crippen LogP contribution in [-0.4, -0.2) is 20.5 Å². The van der Waals surface area contributed by atoms with Crippen molar-refractivity contribution in [2.24, 2.45) is 4.99 Å². The highest BCUT2D eigenvalue weighted by molar-refractivity contribution is 6.45. The highest BCUT2D eigenvalue weighted by Gasteiger charge is 2.27. The Balaban J connectivity index is 2.09. The molecule has 0 unspecified atom stereocenters. The molecule has 8 heteroatoms. The number of fused-ring (bicyclic) bond motifs is 3. The van der Waals surface area contributed by atoms with Crippen molar-refractivity contribution in [1.82, 2.24) is 14.8 Å². The lowest BCUT2D eigenvalue weighted by molar-refractivity contribution is 0.579. The Morgan fingerprint density at radius 1 is 1.00 bits per heavy atom. The fourth-order valence-electron chi connectivity index (χ4n) is 2.69. The maximum absolute atomic E-state index is 14.3. The van der Waals surface area contributed by atoms with E-state index in [0.29, 0.717) is 17.1 Å². The van der Waals surface area contributed by atoms with Crippen LogP contribution in [0, 0.1) is 11.6 Å². The molecule has 0 radical (unpaired) electrons. The van der Waals surface area contributed by atoms with Gasteiger partial charge in [0, 0.05) is 5.56 Å². The van der Waals surface area contributed by atoms with Crippen LogP contribution in [0.3, 0.4) is 0 Å². The molecular weight excluding hydrogens is 357 g/mol. The second kappa shape index (κ2) is 5.65. The zero-order chi connectivity index (χ0) is 16.8. The number of hydrogen-bond donors (Lipinski definition) is 0. The zero-order valence-electron chi connectivity index (χ0n) is 12.0. The minimum Gasteiger partial charge on any atom is -0.283 e. The standard InChI is InChI=1S/C16H8Cl2F2N4/c17-8-4-5-11-14(15(8)18)16(13-9(19)2-1-3-10(13)20)21-6-12-23-22-7-24(11)12/h1-5,7H,6H2. The SMILES string of the molecule is Fc1cccc(F)c1C1=NCc2nncn2-c2ccc(Cl)c(Cl)c21. The van der Waals surface area contributed by atoms with E-state index < -0.39 is 11.6 Å². The summed E-state index contributed by atoms with van der Waals surface area (Å²) in [5, 5.41) is 8.26. The fourth-order valence-corrected chi connectivity index (χ4v) is 3.10. The van der Waals surface area contributed by atoms with Crippen LogP contribution in [0.4, 0.5) is 8.78 Å². The van der Waals surface area contributed by atoms with Crippen molar-refractivity contribution in [2.45, 2.75) is 6.54 Å². The first-order valence-corrected chi connectivity index (χ1v) is 7.70. The average molecular weight is 365 g/mol. The minimum absolute atomic E-state index is 0.0959. The third-order valence-corrected chi connectivity index (χ3v) is 4.57. The number of nitrogens with zero attached hydrogens (tertiary/aromatic N) is 4. The largest absolute Gasteiger partial charge is 0.283 e. The Labute approximate surface area is 145 Å². The molecular formula is C16H8Cl2F2N4. The number of aliphatic imine (C=N–C) groups is 1. The third-order valence-electron chi connectivity index (χ3n) is 3.77. The van der Waals surface area contributed by atoms with Crippen LogP contribution in [0.25, 0.3) is 5.69 Å². The highest BCUT2D eigenvalue weighted by atomic mass is 35.5. The molecule has 0 saturated heterocycles. The second-order valence-corrected chi connectivity index (χ2v) is 5.92. The monoisotopic (exact) mass is 364 g/mol. The van der Waals surface area contributed by atoms with E-state index in [2.05, 4.69) is 15.2 Å². The van der Waals surface area contributed by atoms with Gasteiger partial charge >= 0.3 is 0 Å². The molecule has 24 heavy (non-hydrogen) atoms. The van der Waals surface area contributed by atoms with Crippen LogP contribution in [0.2, 0.25) is 10.0 Å². The first kappa shape index (κ1) is 15.2. The molecule has 2 heterocycles. The highest BCUT2D eigenvalue weighted by Crippen LogP contribution is 2.35. The van der Waals surface area contributed by atoms with E-state index in [-0.39, 0.29) is 27.9 Å². The second-order valence-electron chi connectivity index (χ2n) is 5.13.